The number of anilines is 1. The van der Waals surface area contributed by atoms with Crippen LogP contribution in [-0.4, -0.2) is 30.2 Å². The van der Waals surface area contributed by atoms with Crippen LogP contribution in [0, 0.1) is 5.82 Å². The van der Waals surface area contributed by atoms with E-state index in [2.05, 4.69) is 10.3 Å². The summed E-state index contributed by atoms with van der Waals surface area (Å²) in [6.45, 7) is 1.06. The summed E-state index contributed by atoms with van der Waals surface area (Å²) in [4.78, 5) is 25.7. The number of hydrogen-bond donors (Lipinski definition) is 2. The Kier molecular flexibility index (Phi) is 4.90. The minimum absolute atomic E-state index is 0.0119. The van der Waals surface area contributed by atoms with Gasteiger partial charge in [-0.15, -0.1) is 0 Å². The lowest BCUT2D eigenvalue weighted by molar-refractivity contribution is 0.0681. The minimum Gasteiger partial charge on any atom is -0.489 e. The quantitative estimate of drug-likeness (QED) is 0.880. The van der Waals surface area contributed by atoms with E-state index in [1.54, 1.807) is 0 Å². The van der Waals surface area contributed by atoms with Crippen LogP contribution < -0.4 is 15.6 Å². The Balaban J connectivity index is 1.73. The number of nitrogens with one attached hydrogen (secondary N) is 2. The van der Waals surface area contributed by atoms with Gasteiger partial charge in [-0.25, -0.2) is 4.39 Å². The van der Waals surface area contributed by atoms with E-state index >= 15 is 0 Å². The molecule has 2 heterocycles. The van der Waals surface area contributed by atoms with Crippen molar-refractivity contribution in [2.75, 3.05) is 18.5 Å². The van der Waals surface area contributed by atoms with Gasteiger partial charge in [0, 0.05) is 24.9 Å². The Hall–Kier alpha value is -2.67. The number of benzene rings is 1. The third-order valence-electron chi connectivity index (χ3n) is 3.68. The van der Waals surface area contributed by atoms with Crippen LogP contribution in [0.25, 0.3) is 0 Å². The maximum absolute atomic E-state index is 13.5. The fraction of sp³-hybridized carbons (Fsp3) is 0.294. The highest BCUT2D eigenvalue weighted by Gasteiger charge is 2.18. The molecule has 1 fully saturated rings. The number of amides is 1. The van der Waals surface area contributed by atoms with Gasteiger partial charge in [0.1, 0.15) is 18.2 Å². The van der Waals surface area contributed by atoms with Gasteiger partial charge >= 0.3 is 0 Å². The lowest BCUT2D eigenvalue weighted by Crippen LogP contribution is -2.18. The van der Waals surface area contributed by atoms with Crippen LogP contribution in [0.4, 0.5) is 10.1 Å². The highest BCUT2D eigenvalue weighted by atomic mass is 19.1. The van der Waals surface area contributed by atoms with Crippen molar-refractivity contribution in [2.45, 2.75) is 18.9 Å². The molecule has 1 aliphatic heterocycles. The molecule has 0 aliphatic carbocycles. The van der Waals surface area contributed by atoms with Gasteiger partial charge in [0.15, 0.2) is 0 Å². The zero-order valence-electron chi connectivity index (χ0n) is 12.9. The Labute approximate surface area is 137 Å². The number of aromatic amines is 1. The first-order valence-corrected chi connectivity index (χ1v) is 7.66. The van der Waals surface area contributed by atoms with E-state index in [0.29, 0.717) is 19.0 Å². The number of rotatable bonds is 5. The van der Waals surface area contributed by atoms with E-state index in [1.165, 1.54) is 36.5 Å². The molecule has 2 N–H and O–H groups in total. The average Bonchev–Trinajstić information content (AvgIpc) is 3.08. The van der Waals surface area contributed by atoms with Crippen molar-refractivity contribution in [1.29, 1.82) is 0 Å². The second-order valence-corrected chi connectivity index (χ2v) is 5.48. The molecule has 3 rings (SSSR count). The van der Waals surface area contributed by atoms with Crippen molar-refractivity contribution >= 4 is 11.6 Å². The Morgan fingerprint density at radius 1 is 1.38 bits per heavy atom. The van der Waals surface area contributed by atoms with Gasteiger partial charge in [-0.1, -0.05) is 0 Å². The summed E-state index contributed by atoms with van der Waals surface area (Å²) in [5.41, 5.74) is 0.172. The van der Waals surface area contributed by atoms with Gasteiger partial charge in [-0.05, 0) is 31.0 Å². The van der Waals surface area contributed by atoms with Crippen LogP contribution >= 0.6 is 0 Å². The summed E-state index contributed by atoms with van der Waals surface area (Å²) in [5.74, 6) is -0.597. The van der Waals surface area contributed by atoms with Gasteiger partial charge in [0.05, 0.1) is 17.4 Å². The first-order chi connectivity index (χ1) is 11.6. The summed E-state index contributed by atoms with van der Waals surface area (Å²) in [6, 6.07) is 6.55. The molecule has 1 aromatic heterocycles. The summed E-state index contributed by atoms with van der Waals surface area (Å²) < 4.78 is 24.7. The molecular formula is C17H17FN2O4. The number of halogens is 1. The first-order valence-electron chi connectivity index (χ1n) is 7.66. The lowest BCUT2D eigenvalue weighted by Gasteiger charge is -2.15. The molecule has 126 valence electrons. The number of H-pyrrole nitrogens is 1. The van der Waals surface area contributed by atoms with E-state index in [4.69, 9.17) is 9.47 Å². The predicted molar refractivity (Wildman–Crippen MR) is 85.9 cm³/mol. The maximum atomic E-state index is 13.5. The van der Waals surface area contributed by atoms with Crippen LogP contribution in [-0.2, 0) is 4.74 Å². The number of carbonyl (C=O) groups excluding carboxylic acids is 1. The number of carbonyl (C=O) groups is 1. The Morgan fingerprint density at radius 3 is 2.96 bits per heavy atom. The van der Waals surface area contributed by atoms with E-state index in [0.717, 1.165) is 12.8 Å². The van der Waals surface area contributed by atoms with Crippen molar-refractivity contribution in [1.82, 2.24) is 4.98 Å². The summed E-state index contributed by atoms with van der Waals surface area (Å²) in [5, 5.41) is 2.60. The molecule has 1 aromatic carbocycles. The molecule has 1 amide bonds. The summed E-state index contributed by atoms with van der Waals surface area (Å²) in [7, 11) is 0. The van der Waals surface area contributed by atoms with Crippen LogP contribution in [0.15, 0.2) is 41.3 Å². The molecule has 24 heavy (non-hydrogen) atoms. The molecule has 0 saturated carbocycles. The zero-order chi connectivity index (χ0) is 16.9. The van der Waals surface area contributed by atoms with Crippen molar-refractivity contribution in [2.24, 2.45) is 0 Å². The van der Waals surface area contributed by atoms with Crippen molar-refractivity contribution in [3.63, 3.8) is 0 Å². The van der Waals surface area contributed by atoms with Gasteiger partial charge in [-0.3, -0.25) is 9.59 Å². The Bertz CT molecular complexity index is 764. The van der Waals surface area contributed by atoms with Crippen LogP contribution in [0.3, 0.4) is 0 Å². The van der Waals surface area contributed by atoms with E-state index < -0.39 is 11.7 Å². The fourth-order valence-electron chi connectivity index (χ4n) is 2.43. The van der Waals surface area contributed by atoms with Crippen LogP contribution in [0.5, 0.6) is 5.75 Å². The molecular weight excluding hydrogens is 315 g/mol. The number of aromatic nitrogens is 1. The van der Waals surface area contributed by atoms with Crippen molar-refractivity contribution in [3.8, 4) is 5.75 Å². The second kappa shape index (κ2) is 7.27. The van der Waals surface area contributed by atoms with Gasteiger partial charge in [0.2, 0.25) is 5.56 Å². The molecule has 1 saturated heterocycles. The van der Waals surface area contributed by atoms with Crippen molar-refractivity contribution < 1.29 is 18.7 Å². The fourth-order valence-corrected chi connectivity index (χ4v) is 2.43. The minimum atomic E-state index is -0.490. The van der Waals surface area contributed by atoms with Crippen molar-refractivity contribution in [3.05, 3.63) is 58.3 Å². The van der Waals surface area contributed by atoms with Crippen LogP contribution in [0.2, 0.25) is 0 Å². The van der Waals surface area contributed by atoms with E-state index in [1.807, 2.05) is 0 Å². The molecule has 0 unspecified atom stereocenters. The molecule has 1 atom stereocenters. The van der Waals surface area contributed by atoms with E-state index in [9.17, 15) is 14.0 Å². The standard InChI is InChI=1S/C17H17FN2O4/c18-12-4-5-15(24-10-13-2-1-7-23-13)14(8-12)20-17(22)11-3-6-16(21)19-9-11/h3-6,8-9,13H,1-2,7,10H2,(H,19,21)(H,20,22)/t13-/m1/s1. The molecule has 2 aromatic rings. The van der Waals surface area contributed by atoms with Gasteiger partial charge in [0.25, 0.3) is 5.91 Å². The molecule has 0 bridgehead atoms. The lowest BCUT2D eigenvalue weighted by atomic mass is 10.2. The Morgan fingerprint density at radius 2 is 2.25 bits per heavy atom. The number of hydrogen-bond acceptors (Lipinski definition) is 4. The third-order valence-corrected chi connectivity index (χ3v) is 3.68. The second-order valence-electron chi connectivity index (χ2n) is 5.48. The molecule has 7 heteroatoms. The maximum Gasteiger partial charge on any atom is 0.257 e. The normalized spacial score (nSPS) is 16.8. The molecule has 0 spiro atoms. The largest absolute Gasteiger partial charge is 0.489 e. The smallest absolute Gasteiger partial charge is 0.257 e. The molecule has 6 nitrogen and oxygen atoms in total. The first kappa shape index (κ1) is 16.2. The SMILES string of the molecule is O=C(Nc1cc(F)ccc1OC[C@H]1CCCO1)c1ccc(=O)[nH]c1. The zero-order valence-corrected chi connectivity index (χ0v) is 12.9. The van der Waals surface area contributed by atoms with Gasteiger partial charge in [-0.2, -0.15) is 0 Å². The summed E-state index contributed by atoms with van der Waals surface area (Å²) in [6.07, 6.45) is 3.22. The highest BCUT2D eigenvalue weighted by molar-refractivity contribution is 6.04. The summed E-state index contributed by atoms with van der Waals surface area (Å²) >= 11 is 0. The van der Waals surface area contributed by atoms with E-state index in [-0.39, 0.29) is 22.9 Å². The number of ether oxygens (including phenoxy) is 2. The average molecular weight is 332 g/mol. The molecule has 1 aliphatic rings. The molecule has 0 radical (unpaired) electrons. The van der Waals surface area contributed by atoms with Crippen LogP contribution in [0.1, 0.15) is 23.2 Å². The third kappa shape index (κ3) is 3.99. The number of pyridine rings is 1. The highest BCUT2D eigenvalue weighted by Crippen LogP contribution is 2.27. The van der Waals surface area contributed by atoms with Gasteiger partial charge < -0.3 is 19.8 Å². The predicted octanol–water partition coefficient (Wildman–Crippen LogP) is 2.32. The monoisotopic (exact) mass is 332 g/mol. The topological polar surface area (TPSA) is 80.4 Å².